The first-order valence-electron chi connectivity index (χ1n) is 9.67. The second-order valence-electron chi connectivity index (χ2n) is 7.07. The third-order valence-electron chi connectivity index (χ3n) is 4.62. The zero-order chi connectivity index (χ0) is 23.4. The molecule has 11 nitrogen and oxygen atoms in total. The zero-order valence-corrected chi connectivity index (χ0v) is 18.6. The number of carbonyl (C=O) groups excluding carboxylic acids is 3. The molecule has 8 N–H and O–H groups in total. The van der Waals surface area contributed by atoms with E-state index >= 15 is 0 Å². The fourth-order valence-electron chi connectivity index (χ4n) is 2.44. The molecule has 30 heavy (non-hydrogen) atoms. The van der Waals surface area contributed by atoms with Crippen molar-refractivity contribution in [3.05, 3.63) is 0 Å². The molecule has 0 aliphatic rings. The molecule has 0 bridgehead atoms. The predicted molar refractivity (Wildman–Crippen MR) is 113 cm³/mol. The van der Waals surface area contributed by atoms with Crippen LogP contribution in [-0.2, 0) is 19.2 Å². The van der Waals surface area contributed by atoms with Crippen molar-refractivity contribution in [2.75, 3.05) is 18.6 Å². The molecule has 174 valence electrons. The SMILES string of the molecule is CCC(C)C(NC(=O)C(N)CCSC)C(=O)NC(CO)C(=O)NC(C(=O)O)C(C)O. The summed E-state index contributed by atoms with van der Waals surface area (Å²) in [5, 5.41) is 35.0. The van der Waals surface area contributed by atoms with E-state index in [1.165, 1.54) is 18.7 Å². The maximum atomic E-state index is 12.7. The smallest absolute Gasteiger partial charge is 0.328 e. The van der Waals surface area contributed by atoms with Gasteiger partial charge in [0.1, 0.15) is 12.1 Å². The summed E-state index contributed by atoms with van der Waals surface area (Å²) in [6, 6.07) is -4.87. The van der Waals surface area contributed by atoms with Gasteiger partial charge in [0.2, 0.25) is 17.7 Å². The third-order valence-corrected chi connectivity index (χ3v) is 5.27. The normalized spacial score (nSPS) is 17.0. The van der Waals surface area contributed by atoms with Crippen LogP contribution in [0.25, 0.3) is 0 Å². The number of hydrogen-bond acceptors (Lipinski definition) is 8. The van der Waals surface area contributed by atoms with Gasteiger partial charge in [-0.3, -0.25) is 14.4 Å². The number of aliphatic hydroxyl groups excluding tert-OH is 2. The monoisotopic (exact) mass is 450 g/mol. The van der Waals surface area contributed by atoms with Crippen LogP contribution in [0.3, 0.4) is 0 Å². The largest absolute Gasteiger partial charge is 0.480 e. The quantitative estimate of drug-likeness (QED) is 0.157. The van der Waals surface area contributed by atoms with Crippen molar-refractivity contribution >= 4 is 35.5 Å². The van der Waals surface area contributed by atoms with E-state index in [9.17, 15) is 29.4 Å². The summed E-state index contributed by atoms with van der Waals surface area (Å²) in [6.45, 7) is 3.93. The van der Waals surface area contributed by atoms with Crippen LogP contribution in [0, 0.1) is 5.92 Å². The molecular weight excluding hydrogens is 416 g/mol. The molecule has 6 unspecified atom stereocenters. The molecule has 6 atom stereocenters. The zero-order valence-electron chi connectivity index (χ0n) is 17.8. The van der Waals surface area contributed by atoms with Crippen molar-refractivity contribution in [3.63, 3.8) is 0 Å². The molecule has 0 saturated heterocycles. The number of nitrogens with one attached hydrogen (secondary N) is 3. The van der Waals surface area contributed by atoms with Crippen LogP contribution in [-0.4, -0.2) is 87.9 Å². The lowest BCUT2D eigenvalue weighted by Crippen LogP contribution is -2.60. The van der Waals surface area contributed by atoms with Crippen LogP contribution in [0.15, 0.2) is 0 Å². The molecule has 0 aromatic carbocycles. The highest BCUT2D eigenvalue weighted by Crippen LogP contribution is 2.10. The number of aliphatic carboxylic acids is 1. The maximum Gasteiger partial charge on any atom is 0.328 e. The van der Waals surface area contributed by atoms with Gasteiger partial charge in [-0.15, -0.1) is 0 Å². The van der Waals surface area contributed by atoms with Gasteiger partial charge in [-0.1, -0.05) is 20.3 Å². The summed E-state index contributed by atoms with van der Waals surface area (Å²) in [7, 11) is 0. The van der Waals surface area contributed by atoms with Crippen LogP contribution in [0.5, 0.6) is 0 Å². The molecular formula is C18H34N4O7S. The predicted octanol–water partition coefficient (Wildman–Crippen LogP) is -1.97. The summed E-state index contributed by atoms with van der Waals surface area (Å²) < 4.78 is 0. The Labute approximate surface area is 180 Å². The average Bonchev–Trinajstić information content (AvgIpc) is 2.70. The Kier molecular flexibility index (Phi) is 13.3. The number of aliphatic hydroxyl groups is 2. The van der Waals surface area contributed by atoms with E-state index in [1.54, 1.807) is 6.92 Å². The van der Waals surface area contributed by atoms with Crippen molar-refractivity contribution in [1.29, 1.82) is 0 Å². The van der Waals surface area contributed by atoms with Gasteiger partial charge in [-0.25, -0.2) is 4.79 Å². The third kappa shape index (κ3) is 9.28. The molecule has 0 aliphatic heterocycles. The van der Waals surface area contributed by atoms with Crippen molar-refractivity contribution < 1.29 is 34.5 Å². The summed E-state index contributed by atoms with van der Waals surface area (Å²) in [5.41, 5.74) is 5.84. The minimum Gasteiger partial charge on any atom is -0.480 e. The van der Waals surface area contributed by atoms with Gasteiger partial charge in [-0.2, -0.15) is 11.8 Å². The lowest BCUT2D eigenvalue weighted by Gasteiger charge is -2.27. The van der Waals surface area contributed by atoms with Crippen molar-refractivity contribution in [2.24, 2.45) is 11.7 Å². The van der Waals surface area contributed by atoms with E-state index in [4.69, 9.17) is 10.8 Å². The number of nitrogens with two attached hydrogens (primary N) is 1. The van der Waals surface area contributed by atoms with E-state index in [0.29, 0.717) is 18.6 Å². The van der Waals surface area contributed by atoms with Crippen molar-refractivity contribution in [2.45, 2.75) is 63.9 Å². The number of thioether (sulfide) groups is 1. The van der Waals surface area contributed by atoms with Crippen molar-refractivity contribution in [3.8, 4) is 0 Å². The summed E-state index contributed by atoms with van der Waals surface area (Å²) in [6.07, 6.45) is 1.46. The first-order valence-corrected chi connectivity index (χ1v) is 11.1. The highest BCUT2D eigenvalue weighted by atomic mass is 32.2. The fraction of sp³-hybridized carbons (Fsp3) is 0.778. The standard InChI is InChI=1S/C18H34N4O7S/c1-5-9(2)13(21-15(25)11(19)6-7-30-4)17(27)20-12(8-23)16(26)22-14(10(3)24)18(28)29/h9-14,23-24H,5-8,19H2,1-4H3,(H,20,27)(H,21,25)(H,22,26)(H,28,29). The Balaban J connectivity index is 5.24. The Morgan fingerprint density at radius 3 is 2.00 bits per heavy atom. The number of amides is 3. The molecule has 0 radical (unpaired) electrons. The lowest BCUT2D eigenvalue weighted by atomic mass is 9.97. The number of carbonyl (C=O) groups is 4. The van der Waals surface area contributed by atoms with Gasteiger partial charge in [0.15, 0.2) is 6.04 Å². The molecule has 0 saturated carbocycles. The molecule has 0 spiro atoms. The van der Waals surface area contributed by atoms with Crippen LogP contribution in [0.4, 0.5) is 0 Å². The van der Waals surface area contributed by atoms with E-state index in [-0.39, 0.29) is 5.92 Å². The van der Waals surface area contributed by atoms with Crippen LogP contribution >= 0.6 is 11.8 Å². The van der Waals surface area contributed by atoms with Crippen LogP contribution in [0.2, 0.25) is 0 Å². The first kappa shape index (κ1) is 28.1. The second kappa shape index (κ2) is 14.2. The maximum absolute atomic E-state index is 12.7. The van der Waals surface area contributed by atoms with Crippen LogP contribution < -0.4 is 21.7 Å². The van der Waals surface area contributed by atoms with Gasteiger partial charge in [0.05, 0.1) is 18.8 Å². The fourth-order valence-corrected chi connectivity index (χ4v) is 2.93. The number of hydrogen-bond donors (Lipinski definition) is 7. The minimum atomic E-state index is -1.61. The molecule has 0 aromatic rings. The molecule has 12 heteroatoms. The van der Waals surface area contributed by atoms with Gasteiger partial charge < -0.3 is 37.0 Å². The molecule has 0 fully saturated rings. The van der Waals surface area contributed by atoms with Gasteiger partial charge in [0, 0.05) is 0 Å². The van der Waals surface area contributed by atoms with Crippen LogP contribution in [0.1, 0.15) is 33.6 Å². The van der Waals surface area contributed by atoms with E-state index in [1.807, 2.05) is 13.2 Å². The van der Waals surface area contributed by atoms with Gasteiger partial charge >= 0.3 is 5.97 Å². The summed E-state index contributed by atoms with van der Waals surface area (Å²) in [5.74, 6) is -3.29. The highest BCUT2D eigenvalue weighted by Gasteiger charge is 2.33. The Bertz CT molecular complexity index is 591. The highest BCUT2D eigenvalue weighted by molar-refractivity contribution is 7.98. The number of carboxylic acids is 1. The topological polar surface area (TPSA) is 191 Å². The van der Waals surface area contributed by atoms with Gasteiger partial charge in [-0.05, 0) is 31.3 Å². The second-order valence-corrected chi connectivity index (χ2v) is 8.05. The number of carboxylic acid groups (broad SMARTS) is 1. The van der Waals surface area contributed by atoms with E-state index in [0.717, 1.165) is 0 Å². The van der Waals surface area contributed by atoms with E-state index in [2.05, 4.69) is 16.0 Å². The summed E-state index contributed by atoms with van der Waals surface area (Å²) in [4.78, 5) is 48.4. The Morgan fingerprint density at radius 2 is 1.57 bits per heavy atom. The average molecular weight is 451 g/mol. The number of rotatable bonds is 14. The van der Waals surface area contributed by atoms with E-state index < -0.39 is 60.6 Å². The minimum absolute atomic E-state index is 0.298. The molecule has 0 heterocycles. The molecule has 0 rings (SSSR count). The molecule has 3 amide bonds. The van der Waals surface area contributed by atoms with Crippen molar-refractivity contribution in [1.82, 2.24) is 16.0 Å². The van der Waals surface area contributed by atoms with Gasteiger partial charge in [0.25, 0.3) is 0 Å². The molecule has 0 aromatic heterocycles. The Morgan fingerprint density at radius 1 is 1.00 bits per heavy atom. The lowest BCUT2D eigenvalue weighted by molar-refractivity contribution is -0.145. The Hall–Kier alpha value is -1.89. The molecule has 0 aliphatic carbocycles. The summed E-state index contributed by atoms with van der Waals surface area (Å²) >= 11 is 1.54. The first-order chi connectivity index (χ1) is 14.0.